The lowest BCUT2D eigenvalue weighted by molar-refractivity contribution is 0.434. The fraction of sp³-hybridized carbons (Fsp3) is 0.692. The minimum atomic E-state index is -3.48. The molecule has 1 aromatic rings. The highest BCUT2D eigenvalue weighted by Gasteiger charge is 2.21. The molecule has 1 atom stereocenters. The van der Waals surface area contributed by atoms with Gasteiger partial charge in [-0.15, -0.1) is 11.3 Å². The van der Waals surface area contributed by atoms with Crippen LogP contribution in [-0.2, 0) is 10.2 Å². The molecule has 0 spiro atoms. The summed E-state index contributed by atoms with van der Waals surface area (Å²) < 4.78 is 29.1. The van der Waals surface area contributed by atoms with Gasteiger partial charge < -0.3 is 5.32 Å². The van der Waals surface area contributed by atoms with Gasteiger partial charge >= 0.3 is 0 Å². The Labute approximate surface area is 136 Å². The molecule has 5 nitrogen and oxygen atoms in total. The third-order valence-electron chi connectivity index (χ3n) is 2.96. The van der Waals surface area contributed by atoms with E-state index in [2.05, 4.69) is 23.9 Å². The largest absolute Gasteiger partial charge is 0.314 e. The molecule has 0 radical (unpaired) electrons. The molecule has 122 valence electrons. The first-order valence-corrected chi connectivity index (χ1v) is 9.58. The van der Waals surface area contributed by atoms with E-state index in [9.17, 15) is 8.42 Å². The van der Waals surface area contributed by atoms with Crippen molar-refractivity contribution in [3.05, 3.63) is 21.3 Å². The van der Waals surface area contributed by atoms with Crippen molar-refractivity contribution in [2.45, 2.75) is 39.3 Å². The summed E-state index contributed by atoms with van der Waals surface area (Å²) in [7, 11) is -1.89. The van der Waals surface area contributed by atoms with E-state index in [1.165, 1.54) is 15.6 Å². The number of hydrogen-bond donors (Lipinski definition) is 2. The summed E-state index contributed by atoms with van der Waals surface area (Å²) in [6, 6.07) is 3.73. The Hall–Kier alpha value is -0.180. The van der Waals surface area contributed by atoms with Crippen LogP contribution < -0.4 is 10.0 Å². The standard InChI is InChI=1S/C13H24ClN3O2S2/c1-10(2)15-8-5-9-17(4)21(18,19)16-11(3)12-6-7-13(14)20-12/h6-7,10-11,15-16H,5,8-9H2,1-4H3. The Morgan fingerprint density at radius 3 is 2.52 bits per heavy atom. The average Bonchev–Trinajstić information content (AvgIpc) is 2.80. The maximum atomic E-state index is 12.2. The number of nitrogens with one attached hydrogen (secondary N) is 2. The molecule has 0 aromatic carbocycles. The summed E-state index contributed by atoms with van der Waals surface area (Å²) in [5.41, 5.74) is 0. The average molecular weight is 354 g/mol. The maximum Gasteiger partial charge on any atom is 0.279 e. The van der Waals surface area contributed by atoms with Crippen molar-refractivity contribution in [1.29, 1.82) is 0 Å². The van der Waals surface area contributed by atoms with Gasteiger partial charge in [0.05, 0.1) is 10.4 Å². The predicted octanol–water partition coefficient (Wildman–Crippen LogP) is 2.62. The summed E-state index contributed by atoms with van der Waals surface area (Å²) in [6.45, 7) is 7.22. The van der Waals surface area contributed by atoms with E-state index in [0.717, 1.165) is 17.8 Å². The van der Waals surface area contributed by atoms with E-state index < -0.39 is 10.2 Å². The van der Waals surface area contributed by atoms with Crippen molar-refractivity contribution >= 4 is 33.1 Å². The molecule has 0 amide bonds. The van der Waals surface area contributed by atoms with Crippen LogP contribution in [0.25, 0.3) is 0 Å². The van der Waals surface area contributed by atoms with Crippen LogP contribution in [0.5, 0.6) is 0 Å². The lowest BCUT2D eigenvalue weighted by Crippen LogP contribution is -2.40. The Morgan fingerprint density at radius 2 is 2.00 bits per heavy atom. The van der Waals surface area contributed by atoms with Crippen molar-refractivity contribution in [2.75, 3.05) is 20.1 Å². The van der Waals surface area contributed by atoms with E-state index in [-0.39, 0.29) is 6.04 Å². The predicted molar refractivity (Wildman–Crippen MR) is 90.2 cm³/mol. The molecule has 0 saturated heterocycles. The summed E-state index contributed by atoms with van der Waals surface area (Å²) in [5.74, 6) is 0. The quantitative estimate of drug-likeness (QED) is 0.671. The highest BCUT2D eigenvalue weighted by molar-refractivity contribution is 7.87. The topological polar surface area (TPSA) is 61.4 Å². The molecule has 8 heteroatoms. The first-order chi connectivity index (χ1) is 9.72. The molecule has 0 bridgehead atoms. The molecule has 0 aliphatic rings. The highest BCUT2D eigenvalue weighted by atomic mass is 35.5. The number of thiophene rings is 1. The van der Waals surface area contributed by atoms with Crippen LogP contribution in [0.15, 0.2) is 12.1 Å². The lowest BCUT2D eigenvalue weighted by atomic mass is 10.3. The lowest BCUT2D eigenvalue weighted by Gasteiger charge is -2.21. The van der Waals surface area contributed by atoms with Gasteiger partial charge in [-0.2, -0.15) is 17.4 Å². The van der Waals surface area contributed by atoms with Gasteiger partial charge in [0.1, 0.15) is 0 Å². The van der Waals surface area contributed by atoms with Crippen LogP contribution in [0.3, 0.4) is 0 Å². The van der Waals surface area contributed by atoms with Gasteiger partial charge in [-0.05, 0) is 32.0 Å². The molecule has 1 aromatic heterocycles. The number of halogens is 1. The Bertz CT molecular complexity index is 531. The normalized spacial score (nSPS) is 14.0. The highest BCUT2D eigenvalue weighted by Crippen LogP contribution is 2.27. The number of nitrogens with zero attached hydrogens (tertiary/aromatic N) is 1. The van der Waals surface area contributed by atoms with Crippen molar-refractivity contribution in [2.24, 2.45) is 0 Å². The summed E-state index contributed by atoms with van der Waals surface area (Å²) in [6.07, 6.45) is 0.773. The zero-order valence-electron chi connectivity index (χ0n) is 12.9. The van der Waals surface area contributed by atoms with Gasteiger partial charge in [-0.3, -0.25) is 0 Å². The minimum Gasteiger partial charge on any atom is -0.314 e. The second kappa shape index (κ2) is 8.45. The molecule has 0 aliphatic heterocycles. The van der Waals surface area contributed by atoms with E-state index in [4.69, 9.17) is 11.6 Å². The molecule has 2 N–H and O–H groups in total. The third-order valence-corrected chi connectivity index (χ3v) is 6.03. The zero-order chi connectivity index (χ0) is 16.0. The molecule has 21 heavy (non-hydrogen) atoms. The van der Waals surface area contributed by atoms with Crippen LogP contribution in [0.1, 0.15) is 38.1 Å². The minimum absolute atomic E-state index is 0.288. The Balaban J connectivity index is 2.48. The molecule has 0 fully saturated rings. The summed E-state index contributed by atoms with van der Waals surface area (Å²) in [5, 5.41) is 3.27. The molecule has 0 aliphatic carbocycles. The molecular weight excluding hydrogens is 330 g/mol. The first-order valence-electron chi connectivity index (χ1n) is 6.94. The Kier molecular flexibility index (Phi) is 7.59. The molecular formula is C13H24ClN3O2S2. The second-order valence-corrected chi connectivity index (χ2v) is 8.83. The monoisotopic (exact) mass is 353 g/mol. The summed E-state index contributed by atoms with van der Waals surface area (Å²) >= 11 is 7.26. The van der Waals surface area contributed by atoms with Crippen LogP contribution >= 0.6 is 22.9 Å². The molecule has 1 heterocycles. The maximum absolute atomic E-state index is 12.2. The van der Waals surface area contributed by atoms with Crippen LogP contribution in [0, 0.1) is 0 Å². The number of rotatable bonds is 9. The van der Waals surface area contributed by atoms with Crippen molar-refractivity contribution in [3.8, 4) is 0 Å². The van der Waals surface area contributed by atoms with Gasteiger partial charge in [0.25, 0.3) is 10.2 Å². The van der Waals surface area contributed by atoms with E-state index in [0.29, 0.717) is 16.9 Å². The van der Waals surface area contributed by atoms with Crippen LogP contribution in [0.4, 0.5) is 0 Å². The van der Waals surface area contributed by atoms with Gasteiger partial charge in [0, 0.05) is 24.5 Å². The summed E-state index contributed by atoms with van der Waals surface area (Å²) in [4.78, 5) is 0.901. The van der Waals surface area contributed by atoms with Gasteiger partial charge in [0.15, 0.2) is 0 Å². The van der Waals surface area contributed by atoms with Gasteiger partial charge in [-0.25, -0.2) is 0 Å². The Morgan fingerprint density at radius 1 is 1.33 bits per heavy atom. The number of hydrogen-bond acceptors (Lipinski definition) is 4. The van der Waals surface area contributed by atoms with Crippen molar-refractivity contribution in [1.82, 2.24) is 14.3 Å². The smallest absolute Gasteiger partial charge is 0.279 e. The molecule has 1 rings (SSSR count). The van der Waals surface area contributed by atoms with Crippen molar-refractivity contribution < 1.29 is 8.42 Å². The van der Waals surface area contributed by atoms with E-state index >= 15 is 0 Å². The fourth-order valence-corrected chi connectivity index (χ4v) is 4.01. The van der Waals surface area contributed by atoms with Crippen LogP contribution in [-0.4, -0.2) is 38.9 Å². The molecule has 1 unspecified atom stereocenters. The van der Waals surface area contributed by atoms with Crippen molar-refractivity contribution in [3.63, 3.8) is 0 Å². The third kappa shape index (κ3) is 6.63. The second-order valence-electron chi connectivity index (χ2n) is 5.27. The van der Waals surface area contributed by atoms with Gasteiger partial charge in [0.2, 0.25) is 0 Å². The van der Waals surface area contributed by atoms with E-state index in [1.807, 2.05) is 13.0 Å². The fourth-order valence-electron chi connectivity index (χ4n) is 1.75. The van der Waals surface area contributed by atoms with Crippen LogP contribution in [0.2, 0.25) is 4.34 Å². The van der Waals surface area contributed by atoms with Gasteiger partial charge in [-0.1, -0.05) is 25.4 Å². The zero-order valence-corrected chi connectivity index (χ0v) is 15.3. The van der Waals surface area contributed by atoms with E-state index in [1.54, 1.807) is 13.1 Å². The SMILES string of the molecule is CC(C)NCCCN(C)S(=O)(=O)NC(C)c1ccc(Cl)s1. The first kappa shape index (κ1) is 18.9. The molecule has 0 saturated carbocycles.